The summed E-state index contributed by atoms with van der Waals surface area (Å²) in [7, 11) is 0. The third-order valence-electron chi connectivity index (χ3n) is 2.46. The molecule has 18 heavy (non-hydrogen) atoms. The van der Waals surface area contributed by atoms with Gasteiger partial charge >= 0.3 is 0 Å². The van der Waals surface area contributed by atoms with Gasteiger partial charge in [0.1, 0.15) is 0 Å². The first-order valence-electron chi connectivity index (χ1n) is 5.84. The van der Waals surface area contributed by atoms with E-state index >= 15 is 0 Å². The first-order valence-corrected chi connectivity index (χ1v) is 6.72. The van der Waals surface area contributed by atoms with Crippen LogP contribution in [-0.2, 0) is 9.59 Å². The van der Waals surface area contributed by atoms with E-state index in [4.69, 9.17) is 5.73 Å². The van der Waals surface area contributed by atoms with E-state index in [1.165, 1.54) is 0 Å². The zero-order valence-corrected chi connectivity index (χ0v) is 11.4. The van der Waals surface area contributed by atoms with Crippen molar-refractivity contribution in [1.82, 2.24) is 10.6 Å². The van der Waals surface area contributed by atoms with Gasteiger partial charge in [0, 0.05) is 4.88 Å². The van der Waals surface area contributed by atoms with Gasteiger partial charge in [-0.1, -0.05) is 19.9 Å². The number of thiophene rings is 1. The van der Waals surface area contributed by atoms with Crippen molar-refractivity contribution in [2.45, 2.75) is 19.9 Å². The first kappa shape index (κ1) is 14.7. The van der Waals surface area contributed by atoms with E-state index in [-0.39, 0.29) is 36.9 Å². The Balaban J connectivity index is 2.52. The van der Waals surface area contributed by atoms with Crippen LogP contribution < -0.4 is 16.4 Å². The van der Waals surface area contributed by atoms with Gasteiger partial charge in [0.05, 0.1) is 19.1 Å². The van der Waals surface area contributed by atoms with Crippen molar-refractivity contribution in [2.75, 3.05) is 13.1 Å². The number of nitrogens with two attached hydrogens (primary N) is 1. The predicted molar refractivity (Wildman–Crippen MR) is 72.1 cm³/mol. The van der Waals surface area contributed by atoms with Crippen LogP contribution in [0.15, 0.2) is 17.5 Å². The van der Waals surface area contributed by atoms with Gasteiger partial charge in [0.2, 0.25) is 11.8 Å². The molecule has 1 aromatic heterocycles. The maximum Gasteiger partial charge on any atom is 0.239 e. The van der Waals surface area contributed by atoms with E-state index in [1.54, 1.807) is 11.3 Å². The molecule has 0 radical (unpaired) electrons. The van der Waals surface area contributed by atoms with Crippen molar-refractivity contribution in [3.05, 3.63) is 22.4 Å². The summed E-state index contributed by atoms with van der Waals surface area (Å²) in [5.74, 6) is -0.246. The summed E-state index contributed by atoms with van der Waals surface area (Å²) in [6, 6.07) is 3.93. The summed E-state index contributed by atoms with van der Waals surface area (Å²) in [5.41, 5.74) is 5.14. The third-order valence-corrected chi connectivity index (χ3v) is 3.42. The zero-order valence-electron chi connectivity index (χ0n) is 10.6. The minimum absolute atomic E-state index is 0.0210. The van der Waals surface area contributed by atoms with Gasteiger partial charge in [-0.05, 0) is 17.4 Å². The number of nitrogens with one attached hydrogen (secondary N) is 2. The van der Waals surface area contributed by atoms with E-state index in [9.17, 15) is 9.59 Å². The van der Waals surface area contributed by atoms with E-state index in [0.717, 1.165) is 4.88 Å². The average Bonchev–Trinajstić information content (AvgIpc) is 2.86. The lowest BCUT2D eigenvalue weighted by Crippen LogP contribution is -2.41. The molecule has 0 saturated heterocycles. The van der Waals surface area contributed by atoms with E-state index in [0.29, 0.717) is 0 Å². The molecular weight excluding hydrogens is 250 g/mol. The summed E-state index contributed by atoms with van der Waals surface area (Å²) >= 11 is 1.61. The van der Waals surface area contributed by atoms with Gasteiger partial charge in [-0.2, -0.15) is 0 Å². The molecule has 1 atom stereocenters. The molecule has 0 saturated carbocycles. The normalized spacial score (nSPS) is 12.2. The lowest BCUT2D eigenvalue weighted by atomic mass is 10.0. The number of amides is 2. The van der Waals surface area contributed by atoms with Crippen LogP contribution in [-0.4, -0.2) is 24.9 Å². The molecule has 0 aromatic carbocycles. The van der Waals surface area contributed by atoms with Gasteiger partial charge in [-0.3, -0.25) is 9.59 Å². The third kappa shape index (κ3) is 4.46. The van der Waals surface area contributed by atoms with E-state index in [2.05, 4.69) is 10.6 Å². The monoisotopic (exact) mass is 269 g/mol. The number of hydrogen-bond donors (Lipinski definition) is 3. The van der Waals surface area contributed by atoms with Crippen LogP contribution >= 0.6 is 11.3 Å². The second-order valence-electron chi connectivity index (χ2n) is 4.29. The molecule has 4 N–H and O–H groups in total. The topological polar surface area (TPSA) is 84.2 Å². The van der Waals surface area contributed by atoms with E-state index < -0.39 is 0 Å². The Bertz CT molecular complexity index is 390. The van der Waals surface area contributed by atoms with Gasteiger partial charge < -0.3 is 16.4 Å². The summed E-state index contributed by atoms with van der Waals surface area (Å²) in [5, 5.41) is 7.34. The Morgan fingerprint density at radius 3 is 2.61 bits per heavy atom. The minimum atomic E-state index is -0.331. The predicted octanol–water partition coefficient (Wildman–Crippen LogP) is 0.636. The molecule has 1 aromatic rings. The number of rotatable bonds is 6. The molecule has 0 aliphatic heterocycles. The second-order valence-corrected chi connectivity index (χ2v) is 5.26. The van der Waals surface area contributed by atoms with Crippen molar-refractivity contribution < 1.29 is 9.59 Å². The van der Waals surface area contributed by atoms with Crippen LogP contribution in [0.2, 0.25) is 0 Å². The van der Waals surface area contributed by atoms with Gasteiger partial charge in [0.25, 0.3) is 0 Å². The van der Waals surface area contributed by atoms with Gasteiger partial charge in [0.15, 0.2) is 0 Å². The second kappa shape index (κ2) is 7.13. The van der Waals surface area contributed by atoms with Gasteiger partial charge in [-0.15, -0.1) is 11.3 Å². The summed E-state index contributed by atoms with van der Waals surface area (Å²) in [6.07, 6.45) is 0. The molecule has 1 unspecified atom stereocenters. The number of hydrogen-bond acceptors (Lipinski definition) is 4. The molecule has 0 aliphatic rings. The highest BCUT2D eigenvalue weighted by atomic mass is 32.1. The number of carbonyl (C=O) groups excluding carboxylic acids is 2. The van der Waals surface area contributed by atoms with Crippen molar-refractivity contribution in [1.29, 1.82) is 0 Å². The van der Waals surface area contributed by atoms with E-state index in [1.807, 2.05) is 31.4 Å². The zero-order chi connectivity index (χ0) is 13.5. The molecule has 2 amide bonds. The fraction of sp³-hybridized carbons (Fsp3) is 0.500. The van der Waals surface area contributed by atoms with Crippen molar-refractivity contribution in [3.8, 4) is 0 Å². The average molecular weight is 269 g/mol. The standard InChI is InChI=1S/C12H19N3O2S/c1-8(2)12(9-4-3-5-18-9)15-11(17)7-14-10(16)6-13/h3-5,8,12H,6-7,13H2,1-2H3,(H,14,16)(H,15,17). The van der Waals surface area contributed by atoms with Crippen LogP contribution in [0, 0.1) is 5.92 Å². The number of carbonyl (C=O) groups is 2. The molecule has 0 bridgehead atoms. The first-order chi connectivity index (χ1) is 8.54. The SMILES string of the molecule is CC(C)C(NC(=O)CNC(=O)CN)c1cccs1. The highest BCUT2D eigenvalue weighted by Crippen LogP contribution is 2.25. The Labute approximate surface area is 111 Å². The maximum atomic E-state index is 11.7. The highest BCUT2D eigenvalue weighted by molar-refractivity contribution is 7.10. The van der Waals surface area contributed by atoms with Crippen molar-refractivity contribution in [2.24, 2.45) is 11.7 Å². The molecule has 5 nitrogen and oxygen atoms in total. The van der Waals surface area contributed by atoms with Crippen LogP contribution in [0.1, 0.15) is 24.8 Å². The smallest absolute Gasteiger partial charge is 0.239 e. The van der Waals surface area contributed by atoms with Crippen molar-refractivity contribution in [3.63, 3.8) is 0 Å². The fourth-order valence-electron chi connectivity index (χ4n) is 1.51. The Morgan fingerprint density at radius 1 is 1.39 bits per heavy atom. The van der Waals surface area contributed by atoms with Crippen LogP contribution in [0.3, 0.4) is 0 Å². The molecular formula is C12H19N3O2S. The highest BCUT2D eigenvalue weighted by Gasteiger charge is 2.19. The maximum absolute atomic E-state index is 11.7. The molecule has 1 heterocycles. The molecule has 0 fully saturated rings. The van der Waals surface area contributed by atoms with Crippen LogP contribution in [0.25, 0.3) is 0 Å². The Hall–Kier alpha value is -1.40. The molecule has 0 aliphatic carbocycles. The molecule has 1 rings (SSSR count). The summed E-state index contributed by atoms with van der Waals surface area (Å²) < 4.78 is 0. The molecule has 6 heteroatoms. The summed E-state index contributed by atoms with van der Waals surface area (Å²) in [6.45, 7) is 3.95. The van der Waals surface area contributed by atoms with Gasteiger partial charge in [-0.25, -0.2) is 0 Å². The van der Waals surface area contributed by atoms with Crippen LogP contribution in [0.5, 0.6) is 0 Å². The quantitative estimate of drug-likeness (QED) is 0.708. The van der Waals surface area contributed by atoms with Crippen molar-refractivity contribution >= 4 is 23.2 Å². The Morgan fingerprint density at radius 2 is 2.11 bits per heavy atom. The Kier molecular flexibility index (Phi) is 5.80. The largest absolute Gasteiger partial charge is 0.347 e. The minimum Gasteiger partial charge on any atom is -0.347 e. The lowest BCUT2D eigenvalue weighted by Gasteiger charge is -2.21. The van der Waals surface area contributed by atoms with Crippen LogP contribution in [0.4, 0.5) is 0 Å². The fourth-order valence-corrected chi connectivity index (χ4v) is 2.46. The molecule has 100 valence electrons. The lowest BCUT2D eigenvalue weighted by molar-refractivity contribution is -0.125. The molecule has 0 spiro atoms. The summed E-state index contributed by atoms with van der Waals surface area (Å²) in [4.78, 5) is 23.8.